The first-order valence-corrected chi connectivity index (χ1v) is 10.5. The van der Waals surface area contributed by atoms with E-state index in [1.54, 1.807) is 11.9 Å². The van der Waals surface area contributed by atoms with E-state index in [9.17, 15) is 21.6 Å². The zero-order chi connectivity index (χ0) is 19.2. The monoisotopic (exact) mass is 389 g/mol. The molecule has 1 amide bonds. The summed E-state index contributed by atoms with van der Waals surface area (Å²) < 4.78 is 48.0. The van der Waals surface area contributed by atoms with Crippen LogP contribution < -0.4 is 15.8 Å². The molecule has 0 bridgehead atoms. The van der Waals surface area contributed by atoms with Gasteiger partial charge < -0.3 is 15.5 Å². The first-order valence-electron chi connectivity index (χ1n) is 7.07. The summed E-state index contributed by atoms with van der Waals surface area (Å²) in [6.45, 7) is 0.693. The van der Waals surface area contributed by atoms with Crippen LogP contribution in [0.25, 0.3) is 0 Å². The van der Waals surface area contributed by atoms with Crippen molar-refractivity contribution >= 4 is 37.3 Å². The number of hydrogen-bond acceptors (Lipinski definition) is 7. The standard InChI is InChI=1S/C13H19N5O5S2/c1-17-5-6-18(7-10(17)19)8-3-4-9(24(2,20)21)12(25(16,22)23)11(8)13(14)15/h3-4H,5-7H2,1-2H3,(H3,14,15)(H2,16,22,23). The molecule has 0 aliphatic carbocycles. The highest BCUT2D eigenvalue weighted by Crippen LogP contribution is 2.32. The first-order chi connectivity index (χ1) is 11.3. The second-order valence-corrected chi connectivity index (χ2v) is 9.24. The molecule has 0 spiro atoms. The number of primary sulfonamides is 1. The molecule has 0 radical (unpaired) electrons. The summed E-state index contributed by atoms with van der Waals surface area (Å²) in [6.07, 6.45) is 0.833. The Morgan fingerprint density at radius 1 is 1.20 bits per heavy atom. The second-order valence-electron chi connectivity index (χ2n) is 5.75. The van der Waals surface area contributed by atoms with E-state index in [0.29, 0.717) is 13.1 Å². The van der Waals surface area contributed by atoms with E-state index < -0.39 is 35.5 Å². The summed E-state index contributed by atoms with van der Waals surface area (Å²) in [5.41, 5.74) is 5.39. The quantitative estimate of drug-likeness (QED) is 0.407. The van der Waals surface area contributed by atoms with Crippen molar-refractivity contribution in [3.63, 3.8) is 0 Å². The van der Waals surface area contributed by atoms with E-state index in [1.807, 2.05) is 0 Å². The molecular formula is C13H19N5O5S2. The zero-order valence-corrected chi connectivity index (χ0v) is 15.3. The Labute approximate surface area is 145 Å². The number of anilines is 1. The van der Waals surface area contributed by atoms with Crippen molar-refractivity contribution < 1.29 is 21.6 Å². The van der Waals surface area contributed by atoms with Crippen LogP contribution in [-0.2, 0) is 24.7 Å². The summed E-state index contributed by atoms with van der Waals surface area (Å²) in [5.74, 6) is -0.860. The van der Waals surface area contributed by atoms with Gasteiger partial charge in [-0.1, -0.05) is 0 Å². The van der Waals surface area contributed by atoms with Crippen LogP contribution in [-0.4, -0.2) is 66.4 Å². The minimum Gasteiger partial charge on any atom is -0.384 e. The molecular weight excluding hydrogens is 370 g/mol. The number of rotatable bonds is 4. The predicted octanol–water partition coefficient (Wildman–Crippen LogP) is -1.70. The number of nitrogens with zero attached hydrogens (tertiary/aromatic N) is 2. The Kier molecular flexibility index (Phi) is 4.81. The van der Waals surface area contributed by atoms with Crippen LogP contribution in [0.5, 0.6) is 0 Å². The Morgan fingerprint density at radius 2 is 1.80 bits per heavy atom. The molecule has 1 aromatic rings. The highest BCUT2D eigenvalue weighted by molar-refractivity contribution is 7.93. The molecule has 1 aliphatic rings. The molecule has 1 saturated heterocycles. The first kappa shape index (κ1) is 19.1. The van der Waals surface area contributed by atoms with Gasteiger partial charge in [0, 0.05) is 32.1 Å². The lowest BCUT2D eigenvalue weighted by molar-refractivity contribution is -0.129. The third kappa shape index (κ3) is 3.75. The predicted molar refractivity (Wildman–Crippen MR) is 91.8 cm³/mol. The molecule has 1 aromatic carbocycles. The number of nitrogens with one attached hydrogen (secondary N) is 1. The normalized spacial score (nSPS) is 16.2. The summed E-state index contributed by atoms with van der Waals surface area (Å²) in [4.78, 5) is 13.7. The minimum atomic E-state index is -4.50. The number of amides is 1. The van der Waals surface area contributed by atoms with E-state index in [2.05, 4.69) is 0 Å². The summed E-state index contributed by atoms with van der Waals surface area (Å²) in [6, 6.07) is 2.43. The number of piperazine rings is 1. The number of hydrogen-bond donors (Lipinski definition) is 3. The van der Waals surface area contributed by atoms with Crippen molar-refractivity contribution in [1.29, 1.82) is 5.41 Å². The van der Waals surface area contributed by atoms with Crippen molar-refractivity contribution in [1.82, 2.24) is 4.90 Å². The number of carbonyl (C=O) groups excluding carboxylic acids is 1. The van der Waals surface area contributed by atoms with Gasteiger partial charge in [0.25, 0.3) is 0 Å². The highest BCUT2D eigenvalue weighted by atomic mass is 32.2. The number of sulfonamides is 1. The third-order valence-electron chi connectivity index (χ3n) is 3.85. The van der Waals surface area contributed by atoms with Crippen LogP contribution in [0, 0.1) is 5.41 Å². The van der Waals surface area contributed by atoms with Gasteiger partial charge in [0.1, 0.15) is 10.7 Å². The van der Waals surface area contributed by atoms with Crippen LogP contribution in [0.4, 0.5) is 5.69 Å². The lowest BCUT2D eigenvalue weighted by atomic mass is 10.1. The van der Waals surface area contributed by atoms with Gasteiger partial charge >= 0.3 is 0 Å². The molecule has 0 atom stereocenters. The van der Waals surface area contributed by atoms with Crippen molar-refractivity contribution in [2.75, 3.05) is 37.8 Å². The van der Waals surface area contributed by atoms with Gasteiger partial charge in [-0.25, -0.2) is 22.0 Å². The average Bonchev–Trinajstić information content (AvgIpc) is 2.46. The topological polar surface area (TPSA) is 168 Å². The van der Waals surface area contributed by atoms with Crippen LogP contribution >= 0.6 is 0 Å². The number of nitrogens with two attached hydrogens (primary N) is 2. The molecule has 1 aliphatic heterocycles. The SMILES string of the molecule is CN1CCN(c2ccc(S(C)(=O)=O)c(S(N)(=O)=O)c2C(=N)N)CC1=O. The van der Waals surface area contributed by atoms with Gasteiger partial charge in [-0.2, -0.15) is 0 Å². The molecule has 10 nitrogen and oxygen atoms in total. The number of amidine groups is 1. The van der Waals surface area contributed by atoms with E-state index in [-0.39, 0.29) is 23.7 Å². The van der Waals surface area contributed by atoms with Crippen LogP contribution in [0.2, 0.25) is 0 Å². The van der Waals surface area contributed by atoms with Crippen LogP contribution in [0.15, 0.2) is 21.9 Å². The maximum atomic E-state index is 12.0. The number of carbonyl (C=O) groups is 1. The summed E-state index contributed by atoms with van der Waals surface area (Å²) >= 11 is 0. The van der Waals surface area contributed by atoms with Gasteiger partial charge in [-0.05, 0) is 12.1 Å². The van der Waals surface area contributed by atoms with E-state index >= 15 is 0 Å². The van der Waals surface area contributed by atoms with Crippen LogP contribution in [0.1, 0.15) is 5.56 Å². The minimum absolute atomic E-state index is 0.0565. The Hall–Kier alpha value is -2.18. The number of sulfone groups is 1. The molecule has 138 valence electrons. The Bertz CT molecular complexity index is 955. The van der Waals surface area contributed by atoms with Crippen LogP contribution in [0.3, 0.4) is 0 Å². The van der Waals surface area contributed by atoms with E-state index in [0.717, 1.165) is 12.3 Å². The molecule has 12 heteroatoms. The third-order valence-corrected chi connectivity index (χ3v) is 6.11. The summed E-state index contributed by atoms with van der Waals surface area (Å²) in [5, 5.41) is 13.0. The molecule has 1 heterocycles. The maximum absolute atomic E-state index is 12.0. The molecule has 1 fully saturated rings. The smallest absolute Gasteiger partial charge is 0.241 e. The number of likely N-dealkylation sites (N-methyl/N-ethyl adjacent to an activating group) is 1. The van der Waals surface area contributed by atoms with Crippen molar-refractivity contribution in [2.45, 2.75) is 9.79 Å². The molecule has 0 saturated carbocycles. The van der Waals surface area contributed by atoms with Gasteiger partial charge in [0.15, 0.2) is 9.84 Å². The van der Waals surface area contributed by atoms with Crippen molar-refractivity contribution in [3.8, 4) is 0 Å². The largest absolute Gasteiger partial charge is 0.384 e. The van der Waals surface area contributed by atoms with Gasteiger partial charge in [-0.3, -0.25) is 10.2 Å². The van der Waals surface area contributed by atoms with E-state index in [4.69, 9.17) is 16.3 Å². The van der Waals surface area contributed by atoms with Gasteiger partial charge in [-0.15, -0.1) is 0 Å². The summed E-state index contributed by atoms with van der Waals surface area (Å²) in [7, 11) is -6.81. The average molecular weight is 389 g/mol. The van der Waals surface area contributed by atoms with Crippen molar-refractivity contribution in [3.05, 3.63) is 17.7 Å². The number of nitrogen functional groups attached to an aromatic ring is 1. The maximum Gasteiger partial charge on any atom is 0.241 e. The second kappa shape index (κ2) is 6.28. The molecule has 2 rings (SSSR count). The highest BCUT2D eigenvalue weighted by Gasteiger charge is 2.31. The van der Waals surface area contributed by atoms with Gasteiger partial charge in [0.05, 0.1) is 17.0 Å². The molecule has 5 N–H and O–H groups in total. The molecule has 0 aromatic heterocycles. The van der Waals surface area contributed by atoms with Gasteiger partial charge in [0.2, 0.25) is 15.9 Å². The Balaban J connectivity index is 2.80. The number of benzene rings is 1. The zero-order valence-electron chi connectivity index (χ0n) is 13.7. The fraction of sp³-hybridized carbons (Fsp3) is 0.385. The fourth-order valence-electron chi connectivity index (χ4n) is 2.62. The Morgan fingerprint density at radius 3 is 2.24 bits per heavy atom. The van der Waals surface area contributed by atoms with Crippen molar-refractivity contribution in [2.24, 2.45) is 10.9 Å². The lowest BCUT2D eigenvalue weighted by Gasteiger charge is -2.35. The molecule has 0 unspecified atom stereocenters. The molecule has 25 heavy (non-hydrogen) atoms. The fourth-order valence-corrected chi connectivity index (χ4v) is 5.02. The lowest BCUT2D eigenvalue weighted by Crippen LogP contribution is -2.49. The van der Waals surface area contributed by atoms with E-state index in [1.165, 1.54) is 11.0 Å².